The lowest BCUT2D eigenvalue weighted by Gasteiger charge is -2.20. The molecule has 2 aliphatic rings. The highest BCUT2D eigenvalue weighted by atomic mass is 16.2. The highest BCUT2D eigenvalue weighted by Gasteiger charge is 2.36. The molecular weight excluding hydrogens is 330 g/mol. The van der Waals surface area contributed by atoms with E-state index in [-0.39, 0.29) is 18.0 Å². The van der Waals surface area contributed by atoms with Crippen LogP contribution in [-0.2, 0) is 7.05 Å². The second kappa shape index (κ2) is 7.41. The van der Waals surface area contributed by atoms with Gasteiger partial charge in [-0.25, -0.2) is 4.68 Å². The standard InChI is InChI=1S/C18H25N7O/c1-23-16(7-8-20-23)18(26)21-15-12-24(11-14-5-3-2-4-6-14)13-17(15)25-10-9-19-22-25/h5,7-10,15,17H,2-4,6,11-13H2,1H3,(H,21,26)/t15-,17+/m1/s1. The van der Waals surface area contributed by atoms with Crippen molar-refractivity contribution in [2.45, 2.75) is 37.8 Å². The molecule has 1 aliphatic heterocycles. The zero-order valence-electron chi connectivity index (χ0n) is 15.1. The Balaban J connectivity index is 1.48. The van der Waals surface area contributed by atoms with Crippen LogP contribution in [0, 0.1) is 0 Å². The van der Waals surface area contributed by atoms with Crippen LogP contribution < -0.4 is 5.32 Å². The van der Waals surface area contributed by atoms with E-state index in [4.69, 9.17) is 0 Å². The largest absolute Gasteiger partial charge is 0.344 e. The lowest BCUT2D eigenvalue weighted by Crippen LogP contribution is -2.42. The SMILES string of the molecule is Cn1nccc1C(=O)N[C@@H]1CN(CC2=CCCCC2)C[C@@H]1n1ccnn1. The first kappa shape index (κ1) is 17.0. The molecule has 1 saturated heterocycles. The number of carbonyl (C=O) groups is 1. The van der Waals surface area contributed by atoms with Gasteiger partial charge in [-0.1, -0.05) is 16.9 Å². The fraction of sp³-hybridized carbons (Fsp3) is 0.556. The Morgan fingerprint density at radius 1 is 1.31 bits per heavy atom. The maximum absolute atomic E-state index is 12.6. The Morgan fingerprint density at radius 3 is 2.92 bits per heavy atom. The van der Waals surface area contributed by atoms with Crippen molar-refractivity contribution >= 4 is 5.91 Å². The first-order valence-corrected chi connectivity index (χ1v) is 9.25. The summed E-state index contributed by atoms with van der Waals surface area (Å²) in [5.74, 6) is -0.0983. The molecule has 0 spiro atoms. The van der Waals surface area contributed by atoms with Gasteiger partial charge in [-0.05, 0) is 31.7 Å². The molecule has 0 unspecified atom stereocenters. The van der Waals surface area contributed by atoms with E-state index in [1.807, 2.05) is 10.9 Å². The van der Waals surface area contributed by atoms with Crippen LogP contribution in [0.1, 0.15) is 42.2 Å². The van der Waals surface area contributed by atoms with Gasteiger partial charge in [-0.2, -0.15) is 5.10 Å². The Bertz CT molecular complexity index is 779. The van der Waals surface area contributed by atoms with Crippen LogP contribution in [0.25, 0.3) is 0 Å². The molecule has 8 heteroatoms. The highest BCUT2D eigenvalue weighted by Crippen LogP contribution is 2.25. The van der Waals surface area contributed by atoms with E-state index >= 15 is 0 Å². The normalized spacial score (nSPS) is 23.8. The minimum absolute atomic E-state index is 0.0108. The van der Waals surface area contributed by atoms with E-state index in [2.05, 4.69) is 31.7 Å². The van der Waals surface area contributed by atoms with Crippen LogP contribution in [0.4, 0.5) is 0 Å². The summed E-state index contributed by atoms with van der Waals surface area (Å²) in [5.41, 5.74) is 2.09. The molecule has 138 valence electrons. The molecule has 1 N–H and O–H groups in total. The maximum Gasteiger partial charge on any atom is 0.269 e. The third kappa shape index (κ3) is 3.55. The Labute approximate surface area is 152 Å². The third-order valence-corrected chi connectivity index (χ3v) is 5.33. The molecule has 8 nitrogen and oxygen atoms in total. The van der Waals surface area contributed by atoms with Gasteiger partial charge in [0.2, 0.25) is 0 Å². The quantitative estimate of drug-likeness (QED) is 0.814. The molecule has 1 aliphatic carbocycles. The summed E-state index contributed by atoms with van der Waals surface area (Å²) in [4.78, 5) is 15.1. The molecule has 26 heavy (non-hydrogen) atoms. The van der Waals surface area contributed by atoms with Crippen LogP contribution >= 0.6 is 0 Å². The van der Waals surface area contributed by atoms with Crippen LogP contribution in [0.3, 0.4) is 0 Å². The number of nitrogens with one attached hydrogen (secondary N) is 1. The van der Waals surface area contributed by atoms with E-state index in [0.29, 0.717) is 5.69 Å². The minimum atomic E-state index is -0.0983. The second-order valence-electron chi connectivity index (χ2n) is 7.17. The number of hydrogen-bond donors (Lipinski definition) is 1. The second-order valence-corrected chi connectivity index (χ2v) is 7.17. The molecule has 0 aromatic carbocycles. The van der Waals surface area contributed by atoms with Crippen LogP contribution in [0.2, 0.25) is 0 Å². The fourth-order valence-corrected chi connectivity index (χ4v) is 3.97. The van der Waals surface area contributed by atoms with Gasteiger partial charge in [-0.3, -0.25) is 14.4 Å². The number of aryl methyl sites for hydroxylation is 1. The van der Waals surface area contributed by atoms with Crippen molar-refractivity contribution in [1.29, 1.82) is 0 Å². The Hall–Kier alpha value is -2.48. The first-order valence-electron chi connectivity index (χ1n) is 9.25. The number of rotatable bonds is 5. The summed E-state index contributed by atoms with van der Waals surface area (Å²) in [6.07, 6.45) is 12.5. The van der Waals surface area contributed by atoms with Crippen molar-refractivity contribution in [3.8, 4) is 0 Å². The topological polar surface area (TPSA) is 80.9 Å². The molecule has 1 amide bonds. The van der Waals surface area contributed by atoms with Crippen molar-refractivity contribution in [2.75, 3.05) is 19.6 Å². The summed E-state index contributed by atoms with van der Waals surface area (Å²) in [7, 11) is 1.78. The summed E-state index contributed by atoms with van der Waals surface area (Å²) < 4.78 is 3.46. The van der Waals surface area contributed by atoms with Gasteiger partial charge >= 0.3 is 0 Å². The van der Waals surface area contributed by atoms with Gasteiger partial charge in [0.25, 0.3) is 5.91 Å². The summed E-state index contributed by atoms with van der Waals surface area (Å²) >= 11 is 0. The van der Waals surface area contributed by atoms with Gasteiger partial charge in [0.05, 0.1) is 18.3 Å². The maximum atomic E-state index is 12.6. The number of aromatic nitrogens is 5. The number of carbonyl (C=O) groups excluding carboxylic acids is 1. The van der Waals surface area contributed by atoms with Gasteiger partial charge in [0.15, 0.2) is 0 Å². The molecule has 0 saturated carbocycles. The minimum Gasteiger partial charge on any atom is -0.344 e. The molecule has 1 fully saturated rings. The number of nitrogens with zero attached hydrogens (tertiary/aromatic N) is 6. The van der Waals surface area contributed by atoms with Gasteiger partial charge in [0.1, 0.15) is 5.69 Å². The summed E-state index contributed by atoms with van der Waals surface area (Å²) in [6, 6.07) is 1.81. The number of allylic oxidation sites excluding steroid dienone is 1. The van der Waals surface area contributed by atoms with Crippen molar-refractivity contribution in [3.63, 3.8) is 0 Å². The predicted molar refractivity (Wildman–Crippen MR) is 96.5 cm³/mol. The first-order chi connectivity index (χ1) is 12.7. The van der Waals surface area contributed by atoms with Crippen LogP contribution in [0.15, 0.2) is 36.3 Å². The molecule has 0 bridgehead atoms. The van der Waals surface area contributed by atoms with Gasteiger partial charge in [-0.15, -0.1) is 5.10 Å². The van der Waals surface area contributed by atoms with Crippen molar-refractivity contribution in [3.05, 3.63) is 42.0 Å². The number of hydrogen-bond acceptors (Lipinski definition) is 5. The monoisotopic (exact) mass is 355 g/mol. The Morgan fingerprint density at radius 2 is 2.23 bits per heavy atom. The smallest absolute Gasteiger partial charge is 0.269 e. The van der Waals surface area contributed by atoms with E-state index < -0.39 is 0 Å². The number of likely N-dealkylation sites (tertiary alicyclic amines) is 1. The van der Waals surface area contributed by atoms with E-state index in [0.717, 1.165) is 19.6 Å². The fourth-order valence-electron chi connectivity index (χ4n) is 3.97. The molecule has 4 rings (SSSR count). The zero-order valence-corrected chi connectivity index (χ0v) is 15.1. The lowest BCUT2D eigenvalue weighted by molar-refractivity contribution is 0.0920. The number of amides is 1. The lowest BCUT2D eigenvalue weighted by atomic mass is 9.99. The Kier molecular flexibility index (Phi) is 4.83. The predicted octanol–water partition coefficient (Wildman–Crippen LogP) is 1.17. The molecular formula is C18H25N7O. The van der Waals surface area contributed by atoms with E-state index in [1.54, 1.807) is 30.2 Å². The molecule has 2 aromatic rings. The molecule has 3 heterocycles. The van der Waals surface area contributed by atoms with Gasteiger partial charge < -0.3 is 5.32 Å². The van der Waals surface area contributed by atoms with E-state index in [1.165, 1.54) is 31.3 Å². The average molecular weight is 355 g/mol. The third-order valence-electron chi connectivity index (χ3n) is 5.33. The molecule has 2 aromatic heterocycles. The van der Waals surface area contributed by atoms with Gasteiger partial charge in [0, 0.05) is 39.1 Å². The van der Waals surface area contributed by atoms with Crippen LogP contribution in [0.5, 0.6) is 0 Å². The van der Waals surface area contributed by atoms with Crippen molar-refractivity contribution in [2.24, 2.45) is 7.05 Å². The van der Waals surface area contributed by atoms with Crippen molar-refractivity contribution in [1.82, 2.24) is 35.0 Å². The molecule has 2 atom stereocenters. The average Bonchev–Trinajstić information content (AvgIpc) is 3.37. The van der Waals surface area contributed by atoms with E-state index in [9.17, 15) is 4.79 Å². The summed E-state index contributed by atoms with van der Waals surface area (Å²) in [5, 5.41) is 15.4. The molecule has 0 radical (unpaired) electrons. The zero-order chi connectivity index (χ0) is 17.9. The highest BCUT2D eigenvalue weighted by molar-refractivity contribution is 5.92. The van der Waals surface area contributed by atoms with Crippen molar-refractivity contribution < 1.29 is 4.79 Å². The van der Waals surface area contributed by atoms with Crippen LogP contribution in [-0.4, -0.2) is 61.3 Å². The summed E-state index contributed by atoms with van der Waals surface area (Å²) in [6.45, 7) is 2.64.